The van der Waals surface area contributed by atoms with E-state index < -0.39 is 0 Å². The van der Waals surface area contributed by atoms with Crippen molar-refractivity contribution in [1.29, 1.82) is 0 Å². The lowest BCUT2D eigenvalue weighted by atomic mass is 10.2. The number of carbonyl (C=O) groups excluding carboxylic acids is 2. The predicted octanol–water partition coefficient (Wildman–Crippen LogP) is 2.73. The number of carbonyl (C=O) groups is 2. The highest BCUT2D eigenvalue weighted by atomic mass is 16.5. The van der Waals surface area contributed by atoms with Crippen molar-refractivity contribution >= 4 is 23.2 Å². The molecule has 0 atom stereocenters. The van der Waals surface area contributed by atoms with Crippen LogP contribution in [0.5, 0.6) is 11.5 Å². The van der Waals surface area contributed by atoms with Gasteiger partial charge in [-0.1, -0.05) is 17.7 Å². The quantitative estimate of drug-likeness (QED) is 0.886. The van der Waals surface area contributed by atoms with Gasteiger partial charge in [0.05, 0.1) is 18.7 Å². The lowest BCUT2D eigenvalue weighted by Gasteiger charge is -2.18. The van der Waals surface area contributed by atoms with Gasteiger partial charge in [-0.3, -0.25) is 9.59 Å². The number of benzene rings is 2. The molecular formula is C18H18N2O4. The van der Waals surface area contributed by atoms with E-state index in [2.05, 4.69) is 10.6 Å². The molecule has 6 heteroatoms. The molecular weight excluding hydrogens is 308 g/mol. The number of hydrogen-bond donors (Lipinski definition) is 2. The second-order valence-electron chi connectivity index (χ2n) is 5.51. The van der Waals surface area contributed by atoms with E-state index in [1.807, 2.05) is 31.2 Å². The van der Waals surface area contributed by atoms with Gasteiger partial charge in [-0.15, -0.1) is 0 Å². The summed E-state index contributed by atoms with van der Waals surface area (Å²) in [6.07, 6.45) is 0.230. The lowest BCUT2D eigenvalue weighted by Crippen LogP contribution is -2.25. The molecule has 0 unspecified atom stereocenters. The maximum Gasteiger partial charge on any atom is 0.262 e. The van der Waals surface area contributed by atoms with E-state index in [1.165, 1.54) is 0 Å². The molecule has 124 valence electrons. The average molecular weight is 326 g/mol. The molecule has 2 amide bonds. The molecule has 0 saturated carbocycles. The van der Waals surface area contributed by atoms with Gasteiger partial charge in [0.2, 0.25) is 5.91 Å². The standard InChI is InChI=1S/C18H18N2O4/c1-12-2-5-14(6-3-12)23-9-8-17(21)19-13-4-7-16-15(10-13)20-18(22)11-24-16/h2-7,10H,8-9,11H2,1H3,(H,19,21)(H,20,22). The van der Waals surface area contributed by atoms with Gasteiger partial charge in [0.1, 0.15) is 11.5 Å². The van der Waals surface area contributed by atoms with Gasteiger partial charge < -0.3 is 20.1 Å². The topological polar surface area (TPSA) is 76.7 Å². The largest absolute Gasteiger partial charge is 0.493 e. The van der Waals surface area contributed by atoms with Crippen molar-refractivity contribution in [3.05, 3.63) is 48.0 Å². The molecule has 2 aromatic carbocycles. The number of hydrogen-bond acceptors (Lipinski definition) is 4. The fraction of sp³-hybridized carbons (Fsp3) is 0.222. The lowest BCUT2D eigenvalue weighted by molar-refractivity contribution is -0.118. The number of nitrogens with one attached hydrogen (secondary N) is 2. The third-order valence-corrected chi connectivity index (χ3v) is 3.52. The zero-order valence-corrected chi connectivity index (χ0v) is 13.3. The number of aryl methyl sites for hydroxylation is 1. The number of ether oxygens (including phenoxy) is 2. The van der Waals surface area contributed by atoms with Crippen LogP contribution in [0, 0.1) is 6.92 Å². The highest BCUT2D eigenvalue weighted by molar-refractivity contribution is 5.97. The third kappa shape index (κ3) is 4.04. The van der Waals surface area contributed by atoms with E-state index in [9.17, 15) is 9.59 Å². The van der Waals surface area contributed by atoms with Crippen LogP contribution < -0.4 is 20.1 Å². The summed E-state index contributed by atoms with van der Waals surface area (Å²) in [5.41, 5.74) is 2.31. The molecule has 24 heavy (non-hydrogen) atoms. The molecule has 6 nitrogen and oxygen atoms in total. The Labute approximate surface area is 139 Å². The van der Waals surface area contributed by atoms with Crippen molar-refractivity contribution < 1.29 is 19.1 Å². The zero-order chi connectivity index (χ0) is 16.9. The molecule has 0 bridgehead atoms. The molecule has 2 aromatic rings. The van der Waals surface area contributed by atoms with Gasteiger partial charge in [-0.25, -0.2) is 0 Å². The summed E-state index contributed by atoms with van der Waals surface area (Å²) < 4.78 is 10.8. The van der Waals surface area contributed by atoms with Gasteiger partial charge in [0.25, 0.3) is 5.91 Å². The van der Waals surface area contributed by atoms with Crippen LogP contribution in [0.4, 0.5) is 11.4 Å². The molecule has 0 aromatic heterocycles. The molecule has 0 aliphatic carbocycles. The Morgan fingerprint density at radius 3 is 2.83 bits per heavy atom. The Bertz CT molecular complexity index is 756. The number of rotatable bonds is 5. The van der Waals surface area contributed by atoms with Crippen LogP contribution in [-0.2, 0) is 9.59 Å². The zero-order valence-electron chi connectivity index (χ0n) is 13.3. The maximum absolute atomic E-state index is 12.0. The van der Waals surface area contributed by atoms with Crippen LogP contribution in [0.2, 0.25) is 0 Å². The SMILES string of the molecule is Cc1ccc(OCCC(=O)Nc2ccc3c(c2)NC(=O)CO3)cc1. The number of fused-ring (bicyclic) bond motifs is 1. The smallest absolute Gasteiger partial charge is 0.262 e. The summed E-state index contributed by atoms with van der Waals surface area (Å²) in [7, 11) is 0. The Hall–Kier alpha value is -3.02. The Kier molecular flexibility index (Phi) is 4.65. The average Bonchev–Trinajstić information content (AvgIpc) is 2.56. The van der Waals surface area contributed by atoms with E-state index >= 15 is 0 Å². The third-order valence-electron chi connectivity index (χ3n) is 3.52. The molecule has 0 fully saturated rings. The first-order chi connectivity index (χ1) is 11.6. The van der Waals surface area contributed by atoms with E-state index in [1.54, 1.807) is 18.2 Å². The molecule has 0 radical (unpaired) electrons. The van der Waals surface area contributed by atoms with E-state index in [0.717, 1.165) is 11.3 Å². The van der Waals surface area contributed by atoms with E-state index in [-0.39, 0.29) is 24.8 Å². The number of anilines is 2. The minimum Gasteiger partial charge on any atom is -0.493 e. The summed E-state index contributed by atoms with van der Waals surface area (Å²) in [4.78, 5) is 23.3. The Morgan fingerprint density at radius 1 is 1.25 bits per heavy atom. The molecule has 2 N–H and O–H groups in total. The normalized spacial score (nSPS) is 12.6. The van der Waals surface area contributed by atoms with Gasteiger partial charge >= 0.3 is 0 Å². The molecule has 3 rings (SSSR count). The van der Waals surface area contributed by atoms with Crippen LogP contribution in [0.15, 0.2) is 42.5 Å². The summed E-state index contributed by atoms with van der Waals surface area (Å²) >= 11 is 0. The van der Waals surface area contributed by atoms with Crippen molar-refractivity contribution in [2.45, 2.75) is 13.3 Å². The van der Waals surface area contributed by atoms with Crippen molar-refractivity contribution in [2.75, 3.05) is 23.8 Å². The summed E-state index contributed by atoms with van der Waals surface area (Å²) in [6.45, 7) is 2.30. The summed E-state index contributed by atoms with van der Waals surface area (Å²) in [5, 5.41) is 5.48. The second-order valence-corrected chi connectivity index (χ2v) is 5.51. The van der Waals surface area contributed by atoms with Crippen molar-refractivity contribution in [3.63, 3.8) is 0 Å². The van der Waals surface area contributed by atoms with Crippen LogP contribution in [0.3, 0.4) is 0 Å². The fourth-order valence-corrected chi connectivity index (χ4v) is 2.28. The van der Waals surface area contributed by atoms with Crippen molar-refractivity contribution in [1.82, 2.24) is 0 Å². The van der Waals surface area contributed by atoms with Crippen LogP contribution in [0.25, 0.3) is 0 Å². The minimum atomic E-state index is -0.211. The van der Waals surface area contributed by atoms with Crippen molar-refractivity contribution in [2.24, 2.45) is 0 Å². The molecule has 0 saturated heterocycles. The minimum absolute atomic E-state index is 0.00898. The Balaban J connectivity index is 1.50. The fourth-order valence-electron chi connectivity index (χ4n) is 2.28. The molecule has 1 aliphatic rings. The van der Waals surface area contributed by atoms with Crippen molar-refractivity contribution in [3.8, 4) is 11.5 Å². The van der Waals surface area contributed by atoms with Crippen LogP contribution in [0.1, 0.15) is 12.0 Å². The monoisotopic (exact) mass is 326 g/mol. The predicted molar refractivity (Wildman–Crippen MR) is 90.5 cm³/mol. The maximum atomic E-state index is 12.0. The van der Waals surface area contributed by atoms with E-state index in [0.29, 0.717) is 23.7 Å². The summed E-state index contributed by atoms with van der Waals surface area (Å²) in [5.74, 6) is 0.958. The van der Waals surface area contributed by atoms with Gasteiger partial charge in [0.15, 0.2) is 6.61 Å². The highest BCUT2D eigenvalue weighted by Gasteiger charge is 2.16. The molecule has 0 spiro atoms. The van der Waals surface area contributed by atoms with Gasteiger partial charge in [0, 0.05) is 5.69 Å². The molecule has 1 heterocycles. The van der Waals surface area contributed by atoms with Gasteiger partial charge in [-0.2, -0.15) is 0 Å². The second kappa shape index (κ2) is 7.04. The van der Waals surface area contributed by atoms with Crippen LogP contribution in [-0.4, -0.2) is 25.0 Å². The van der Waals surface area contributed by atoms with E-state index in [4.69, 9.17) is 9.47 Å². The Morgan fingerprint density at radius 2 is 2.04 bits per heavy atom. The molecule has 1 aliphatic heterocycles. The number of amides is 2. The first kappa shape index (κ1) is 15.9. The first-order valence-electron chi connectivity index (χ1n) is 7.66. The highest BCUT2D eigenvalue weighted by Crippen LogP contribution is 2.30. The van der Waals surface area contributed by atoms with Gasteiger partial charge in [-0.05, 0) is 37.3 Å². The summed E-state index contributed by atoms with van der Waals surface area (Å²) in [6, 6.07) is 12.8. The van der Waals surface area contributed by atoms with Crippen LogP contribution >= 0.6 is 0 Å². The first-order valence-corrected chi connectivity index (χ1v) is 7.66.